The molecule has 5 N–H and O–H groups in total. The number of hydrogen-bond acceptors (Lipinski definition) is 4. The van der Waals surface area contributed by atoms with E-state index >= 15 is 0 Å². The monoisotopic (exact) mass is 343 g/mol. The number of fused-ring (bicyclic) bond motifs is 2. The maximum atomic E-state index is 8.24. The molecular formula is C21H21N5. The number of nitrogens with one attached hydrogen (secondary N) is 1. The Morgan fingerprint density at radius 3 is 2.38 bits per heavy atom. The second kappa shape index (κ2) is 5.59. The Hall–Kier alpha value is -3.34. The van der Waals surface area contributed by atoms with Crippen LogP contribution in [0.15, 0.2) is 42.5 Å². The van der Waals surface area contributed by atoms with Crippen LogP contribution in [0.2, 0.25) is 0 Å². The van der Waals surface area contributed by atoms with Gasteiger partial charge < -0.3 is 21.4 Å². The van der Waals surface area contributed by atoms with Crippen LogP contribution in [0.5, 0.6) is 0 Å². The molecule has 4 rings (SSSR count). The third-order valence-corrected chi connectivity index (χ3v) is 4.85. The van der Waals surface area contributed by atoms with Gasteiger partial charge >= 0.3 is 0 Å². The number of aromatic nitrogens is 2. The average molecular weight is 343 g/mol. The molecule has 5 heteroatoms. The van der Waals surface area contributed by atoms with E-state index < -0.39 is 0 Å². The fraction of sp³-hybridized carbons (Fsp3) is 0.143. The van der Waals surface area contributed by atoms with E-state index in [1.807, 2.05) is 57.2 Å². The highest BCUT2D eigenvalue weighted by Crippen LogP contribution is 2.32. The molecule has 2 aromatic rings. The molecule has 0 atom stereocenters. The van der Waals surface area contributed by atoms with Crippen molar-refractivity contribution in [2.75, 3.05) is 11.5 Å². The summed E-state index contributed by atoms with van der Waals surface area (Å²) in [6, 6.07) is 13.6. The molecule has 5 nitrogen and oxygen atoms in total. The van der Waals surface area contributed by atoms with Crippen molar-refractivity contribution in [1.29, 1.82) is 5.41 Å². The first-order chi connectivity index (χ1) is 12.3. The van der Waals surface area contributed by atoms with Crippen molar-refractivity contribution >= 4 is 22.4 Å². The third-order valence-electron chi connectivity index (χ3n) is 4.85. The fourth-order valence-corrected chi connectivity index (χ4v) is 3.38. The number of rotatable bonds is 1. The van der Waals surface area contributed by atoms with E-state index in [0.717, 1.165) is 50.5 Å². The van der Waals surface area contributed by atoms with E-state index in [1.54, 1.807) is 0 Å². The molecule has 0 saturated carbocycles. The van der Waals surface area contributed by atoms with Gasteiger partial charge in [0.2, 0.25) is 0 Å². The lowest BCUT2D eigenvalue weighted by atomic mass is 10.1. The summed E-state index contributed by atoms with van der Waals surface area (Å²) in [6.07, 6.45) is 0. The van der Waals surface area contributed by atoms with Gasteiger partial charge in [0, 0.05) is 17.1 Å². The summed E-state index contributed by atoms with van der Waals surface area (Å²) in [6.45, 7) is 5.94. The summed E-state index contributed by atoms with van der Waals surface area (Å²) in [5, 5.41) is 8.73. The minimum absolute atomic E-state index is 0.486. The van der Waals surface area contributed by atoms with Crippen LogP contribution >= 0.6 is 0 Å². The van der Waals surface area contributed by atoms with Crippen LogP contribution in [0.25, 0.3) is 28.1 Å². The molecule has 2 aliphatic rings. The zero-order valence-corrected chi connectivity index (χ0v) is 15.1. The van der Waals surface area contributed by atoms with Crippen LogP contribution in [0, 0.1) is 26.2 Å². The predicted molar refractivity (Wildman–Crippen MR) is 107 cm³/mol. The van der Waals surface area contributed by atoms with E-state index in [1.165, 1.54) is 0 Å². The standard InChI is InChI=1S/C21H21N5/c1-11-7-15(4-5-16(11)23)26-19-10-17(24)12(2)8-18(19)25-21-13(3)6-14(22)9-20(21)26/h4-10,24H,22-23H2,1-3H3. The van der Waals surface area contributed by atoms with Crippen molar-refractivity contribution in [1.82, 2.24) is 9.55 Å². The van der Waals surface area contributed by atoms with Crippen LogP contribution < -0.4 is 16.8 Å². The number of aryl methyl sites for hydroxylation is 3. The van der Waals surface area contributed by atoms with Gasteiger partial charge in [-0.05, 0) is 79.9 Å². The molecule has 0 bridgehead atoms. The molecule has 0 amide bonds. The molecule has 2 aromatic carbocycles. The van der Waals surface area contributed by atoms with Crippen LogP contribution in [0.3, 0.4) is 0 Å². The molecule has 0 radical (unpaired) electrons. The zero-order chi connectivity index (χ0) is 18.6. The lowest BCUT2D eigenvalue weighted by Crippen LogP contribution is -2.13. The van der Waals surface area contributed by atoms with Crippen LogP contribution in [-0.2, 0) is 0 Å². The number of nitrogens with zero attached hydrogens (tertiary/aromatic N) is 2. The quantitative estimate of drug-likeness (QED) is 0.363. The van der Waals surface area contributed by atoms with Gasteiger partial charge in [0.25, 0.3) is 0 Å². The minimum Gasteiger partial charge on any atom is -0.399 e. The molecule has 1 aliphatic heterocycles. The molecule has 26 heavy (non-hydrogen) atoms. The molecule has 0 aromatic heterocycles. The minimum atomic E-state index is 0.486. The Bertz CT molecular complexity index is 1200. The van der Waals surface area contributed by atoms with Gasteiger partial charge in [0.1, 0.15) is 0 Å². The predicted octanol–water partition coefficient (Wildman–Crippen LogP) is 3.70. The van der Waals surface area contributed by atoms with Crippen molar-refractivity contribution in [3.8, 4) is 17.1 Å². The van der Waals surface area contributed by atoms with Gasteiger partial charge in [-0.15, -0.1) is 0 Å². The van der Waals surface area contributed by atoms with Crippen LogP contribution in [-0.4, -0.2) is 9.55 Å². The lowest BCUT2D eigenvalue weighted by Gasteiger charge is -2.21. The lowest BCUT2D eigenvalue weighted by molar-refractivity contribution is 1.05. The zero-order valence-electron chi connectivity index (χ0n) is 15.1. The van der Waals surface area contributed by atoms with Crippen LogP contribution in [0.1, 0.15) is 16.7 Å². The van der Waals surface area contributed by atoms with E-state index in [2.05, 4.69) is 10.6 Å². The Labute approximate surface area is 151 Å². The van der Waals surface area contributed by atoms with Gasteiger partial charge in [-0.2, -0.15) is 0 Å². The number of anilines is 2. The summed E-state index contributed by atoms with van der Waals surface area (Å²) >= 11 is 0. The molecule has 0 spiro atoms. The van der Waals surface area contributed by atoms with Crippen molar-refractivity contribution in [2.24, 2.45) is 0 Å². The SMILES string of the molecule is Cc1cc(-n2c3cc(=N)c(C)cc-3nc3c(C)cc(N)cc32)ccc1N. The Kier molecular flexibility index (Phi) is 3.47. The summed E-state index contributed by atoms with van der Waals surface area (Å²) in [4.78, 5) is 4.86. The second-order valence-electron chi connectivity index (χ2n) is 6.85. The summed E-state index contributed by atoms with van der Waals surface area (Å²) < 4.78 is 2.12. The summed E-state index contributed by atoms with van der Waals surface area (Å²) in [7, 11) is 0. The number of nitrogen functional groups attached to an aromatic ring is 2. The van der Waals surface area contributed by atoms with E-state index in [-0.39, 0.29) is 0 Å². The van der Waals surface area contributed by atoms with Crippen molar-refractivity contribution in [3.05, 3.63) is 64.5 Å². The first kappa shape index (κ1) is 16.1. The topological polar surface area (TPSA) is 93.7 Å². The van der Waals surface area contributed by atoms with Gasteiger partial charge in [-0.3, -0.25) is 0 Å². The molecule has 1 aliphatic carbocycles. The largest absolute Gasteiger partial charge is 0.399 e. The second-order valence-corrected chi connectivity index (χ2v) is 6.85. The third kappa shape index (κ3) is 2.40. The maximum Gasteiger partial charge on any atom is 0.0909 e. The van der Waals surface area contributed by atoms with E-state index in [4.69, 9.17) is 21.9 Å². The average Bonchev–Trinajstić information content (AvgIpc) is 2.57. The highest BCUT2D eigenvalue weighted by atomic mass is 15.0. The van der Waals surface area contributed by atoms with Gasteiger partial charge in [0.05, 0.1) is 27.8 Å². The molecule has 130 valence electrons. The Morgan fingerprint density at radius 1 is 0.885 bits per heavy atom. The number of benzene rings is 3. The first-order valence-corrected chi connectivity index (χ1v) is 8.49. The molecule has 1 heterocycles. The number of nitrogens with two attached hydrogens (primary N) is 2. The van der Waals surface area contributed by atoms with Crippen molar-refractivity contribution in [3.63, 3.8) is 0 Å². The Balaban J connectivity index is 2.24. The van der Waals surface area contributed by atoms with Crippen molar-refractivity contribution in [2.45, 2.75) is 20.8 Å². The normalized spacial score (nSPS) is 11.3. The fourth-order valence-electron chi connectivity index (χ4n) is 3.38. The maximum absolute atomic E-state index is 8.24. The molecular weight excluding hydrogens is 322 g/mol. The van der Waals surface area contributed by atoms with Crippen molar-refractivity contribution < 1.29 is 0 Å². The summed E-state index contributed by atoms with van der Waals surface area (Å²) in [5.41, 5.74) is 21.0. The number of hydrogen-bond donors (Lipinski definition) is 3. The summed E-state index contributed by atoms with van der Waals surface area (Å²) in [5.74, 6) is 0. The highest BCUT2D eigenvalue weighted by Gasteiger charge is 2.17. The van der Waals surface area contributed by atoms with E-state index in [9.17, 15) is 0 Å². The highest BCUT2D eigenvalue weighted by molar-refractivity contribution is 5.88. The molecule has 0 saturated heterocycles. The smallest absolute Gasteiger partial charge is 0.0909 e. The first-order valence-electron chi connectivity index (χ1n) is 8.49. The Morgan fingerprint density at radius 2 is 1.65 bits per heavy atom. The van der Waals surface area contributed by atoms with E-state index in [0.29, 0.717) is 11.0 Å². The van der Waals surface area contributed by atoms with Gasteiger partial charge in [-0.1, -0.05) is 0 Å². The van der Waals surface area contributed by atoms with Crippen LogP contribution in [0.4, 0.5) is 11.4 Å². The van der Waals surface area contributed by atoms with Gasteiger partial charge in [0.15, 0.2) is 0 Å². The van der Waals surface area contributed by atoms with Gasteiger partial charge in [-0.25, -0.2) is 4.98 Å². The molecule has 0 fully saturated rings. The molecule has 0 unspecified atom stereocenters.